The first-order valence-corrected chi connectivity index (χ1v) is 6.48. The number of benzene rings is 2. The maximum absolute atomic E-state index is 13.6. The number of nitrogens with one attached hydrogen (secondary N) is 2. The molecule has 0 unspecified atom stereocenters. The van der Waals surface area contributed by atoms with E-state index in [-0.39, 0.29) is 17.4 Å². The summed E-state index contributed by atoms with van der Waals surface area (Å²) >= 11 is 5.93. The summed E-state index contributed by atoms with van der Waals surface area (Å²) in [6.07, 6.45) is 0. The van der Waals surface area contributed by atoms with Crippen molar-refractivity contribution in [3.63, 3.8) is 0 Å². The van der Waals surface area contributed by atoms with Crippen molar-refractivity contribution in [2.45, 2.75) is 6.54 Å². The molecule has 0 radical (unpaired) electrons. The molecule has 0 atom stereocenters. The van der Waals surface area contributed by atoms with Crippen LogP contribution in [0.25, 0.3) is 0 Å². The van der Waals surface area contributed by atoms with E-state index in [0.717, 1.165) is 5.56 Å². The van der Waals surface area contributed by atoms with E-state index in [4.69, 9.17) is 11.6 Å². The van der Waals surface area contributed by atoms with E-state index in [0.29, 0.717) is 17.1 Å². The predicted octanol–water partition coefficient (Wildman–Crippen LogP) is 3.45. The van der Waals surface area contributed by atoms with Crippen LogP contribution < -0.4 is 10.6 Å². The number of amides is 1. The molecule has 0 aliphatic carbocycles. The van der Waals surface area contributed by atoms with Gasteiger partial charge in [0, 0.05) is 19.2 Å². The van der Waals surface area contributed by atoms with E-state index < -0.39 is 0 Å². The average molecular weight is 293 g/mol. The first-order valence-electron chi connectivity index (χ1n) is 6.10. The van der Waals surface area contributed by atoms with Crippen molar-refractivity contribution < 1.29 is 9.18 Å². The molecule has 0 bridgehead atoms. The molecule has 0 aliphatic rings. The monoisotopic (exact) mass is 292 g/mol. The van der Waals surface area contributed by atoms with Crippen molar-refractivity contribution in [3.05, 3.63) is 64.4 Å². The average Bonchev–Trinajstić information content (AvgIpc) is 2.46. The van der Waals surface area contributed by atoms with Crippen LogP contribution in [0.1, 0.15) is 15.9 Å². The van der Waals surface area contributed by atoms with Crippen molar-refractivity contribution in [3.8, 4) is 0 Å². The zero-order chi connectivity index (χ0) is 14.5. The Morgan fingerprint density at radius 3 is 2.50 bits per heavy atom. The molecule has 104 valence electrons. The lowest BCUT2D eigenvalue weighted by Gasteiger charge is -2.10. The summed E-state index contributed by atoms with van der Waals surface area (Å²) in [5.74, 6) is -0.527. The number of para-hydroxylation sites is 1. The summed E-state index contributed by atoms with van der Waals surface area (Å²) in [5.41, 5.74) is 1.79. The Balaban J connectivity index is 2.06. The lowest BCUT2D eigenvalue weighted by molar-refractivity contribution is 0.0963. The van der Waals surface area contributed by atoms with Crippen molar-refractivity contribution >= 4 is 23.2 Å². The van der Waals surface area contributed by atoms with Gasteiger partial charge in [0.1, 0.15) is 5.82 Å². The molecule has 0 heterocycles. The van der Waals surface area contributed by atoms with Crippen molar-refractivity contribution in [1.29, 1.82) is 0 Å². The Morgan fingerprint density at radius 1 is 1.20 bits per heavy atom. The number of anilines is 1. The fourth-order valence-electron chi connectivity index (χ4n) is 1.78. The maximum Gasteiger partial charge on any atom is 0.251 e. The van der Waals surface area contributed by atoms with E-state index in [9.17, 15) is 9.18 Å². The molecule has 0 spiro atoms. The summed E-state index contributed by atoms with van der Waals surface area (Å²) in [4.78, 5) is 11.4. The van der Waals surface area contributed by atoms with Gasteiger partial charge in [-0.1, -0.05) is 29.8 Å². The van der Waals surface area contributed by atoms with Crippen LogP contribution in [0.5, 0.6) is 0 Å². The summed E-state index contributed by atoms with van der Waals surface area (Å²) in [7, 11) is 1.58. The zero-order valence-corrected chi connectivity index (χ0v) is 11.7. The number of rotatable bonds is 4. The Hall–Kier alpha value is -2.07. The van der Waals surface area contributed by atoms with Crippen LogP contribution in [0.15, 0.2) is 42.5 Å². The van der Waals surface area contributed by atoms with Crippen molar-refractivity contribution in [2.75, 3.05) is 12.4 Å². The normalized spacial score (nSPS) is 10.2. The topological polar surface area (TPSA) is 41.1 Å². The molecule has 2 aromatic rings. The Labute approximate surface area is 121 Å². The van der Waals surface area contributed by atoms with Crippen LogP contribution in [0.3, 0.4) is 0 Å². The van der Waals surface area contributed by atoms with Crippen LogP contribution >= 0.6 is 11.6 Å². The first kappa shape index (κ1) is 14.3. The molecule has 0 aromatic heterocycles. The van der Waals surface area contributed by atoms with E-state index in [1.165, 1.54) is 6.07 Å². The molecule has 0 aliphatic heterocycles. The van der Waals surface area contributed by atoms with Crippen LogP contribution in [0.2, 0.25) is 5.02 Å². The minimum absolute atomic E-state index is 0.137. The molecule has 0 saturated carbocycles. The highest BCUT2D eigenvalue weighted by Gasteiger charge is 2.06. The van der Waals surface area contributed by atoms with Crippen molar-refractivity contribution in [2.24, 2.45) is 0 Å². The molecule has 0 fully saturated rings. The molecule has 1 amide bonds. The van der Waals surface area contributed by atoms with Crippen molar-refractivity contribution in [1.82, 2.24) is 5.32 Å². The lowest BCUT2D eigenvalue weighted by Crippen LogP contribution is -2.17. The summed E-state index contributed by atoms with van der Waals surface area (Å²) in [6.45, 7) is 0.425. The van der Waals surface area contributed by atoms with Gasteiger partial charge < -0.3 is 10.6 Å². The Kier molecular flexibility index (Phi) is 4.58. The van der Waals surface area contributed by atoms with Gasteiger partial charge in [-0.2, -0.15) is 0 Å². The second kappa shape index (κ2) is 6.39. The third-order valence-electron chi connectivity index (χ3n) is 2.88. The standard InChI is InChI=1S/C15H14ClFN2O/c1-18-15(20)11-7-5-10(6-8-11)9-19-14-12(16)3-2-4-13(14)17/h2-8,19H,9H2,1H3,(H,18,20). The summed E-state index contributed by atoms with van der Waals surface area (Å²) < 4.78 is 13.6. The van der Waals surface area contributed by atoms with Gasteiger partial charge in [-0.05, 0) is 29.8 Å². The number of hydrogen-bond donors (Lipinski definition) is 2. The lowest BCUT2D eigenvalue weighted by atomic mass is 10.1. The molecule has 2 aromatic carbocycles. The number of halogens is 2. The highest BCUT2D eigenvalue weighted by molar-refractivity contribution is 6.33. The number of hydrogen-bond acceptors (Lipinski definition) is 2. The van der Waals surface area contributed by atoms with Gasteiger partial charge in [-0.15, -0.1) is 0 Å². The minimum Gasteiger partial charge on any atom is -0.377 e. The fourth-order valence-corrected chi connectivity index (χ4v) is 2.01. The van der Waals surface area contributed by atoms with Crippen LogP contribution in [0, 0.1) is 5.82 Å². The summed E-state index contributed by atoms with van der Waals surface area (Å²) in [6, 6.07) is 11.6. The van der Waals surface area contributed by atoms with E-state index in [1.807, 2.05) is 12.1 Å². The number of carbonyl (C=O) groups is 1. The van der Waals surface area contributed by atoms with Gasteiger partial charge in [0.25, 0.3) is 5.91 Å². The van der Waals surface area contributed by atoms with Gasteiger partial charge >= 0.3 is 0 Å². The molecule has 0 saturated heterocycles. The third kappa shape index (κ3) is 3.27. The third-order valence-corrected chi connectivity index (χ3v) is 3.19. The molecular formula is C15H14ClFN2O. The zero-order valence-electron chi connectivity index (χ0n) is 10.9. The molecule has 2 rings (SSSR count). The summed E-state index contributed by atoms with van der Waals surface area (Å²) in [5, 5.41) is 5.84. The molecule has 2 N–H and O–H groups in total. The molecule has 5 heteroatoms. The predicted molar refractivity (Wildman–Crippen MR) is 78.6 cm³/mol. The molecular weight excluding hydrogens is 279 g/mol. The van der Waals surface area contributed by atoms with Gasteiger partial charge in [-0.3, -0.25) is 4.79 Å². The largest absolute Gasteiger partial charge is 0.377 e. The number of carbonyl (C=O) groups excluding carboxylic acids is 1. The smallest absolute Gasteiger partial charge is 0.251 e. The first-order chi connectivity index (χ1) is 9.61. The second-order valence-corrected chi connectivity index (χ2v) is 4.63. The molecule has 20 heavy (non-hydrogen) atoms. The SMILES string of the molecule is CNC(=O)c1ccc(CNc2c(F)cccc2Cl)cc1. The van der Waals surface area contributed by atoms with Gasteiger partial charge in [0.15, 0.2) is 0 Å². The van der Waals surface area contributed by atoms with Gasteiger partial charge in [0.05, 0.1) is 10.7 Å². The van der Waals surface area contributed by atoms with E-state index in [1.54, 1.807) is 31.3 Å². The highest BCUT2D eigenvalue weighted by atomic mass is 35.5. The second-order valence-electron chi connectivity index (χ2n) is 4.23. The fraction of sp³-hybridized carbons (Fsp3) is 0.133. The van der Waals surface area contributed by atoms with E-state index in [2.05, 4.69) is 10.6 Å². The van der Waals surface area contributed by atoms with Gasteiger partial charge in [0.2, 0.25) is 0 Å². The van der Waals surface area contributed by atoms with Crippen LogP contribution in [0.4, 0.5) is 10.1 Å². The van der Waals surface area contributed by atoms with Crippen LogP contribution in [-0.2, 0) is 6.54 Å². The van der Waals surface area contributed by atoms with E-state index >= 15 is 0 Å². The quantitative estimate of drug-likeness (QED) is 0.906. The van der Waals surface area contributed by atoms with Gasteiger partial charge in [-0.25, -0.2) is 4.39 Å². The minimum atomic E-state index is -0.389. The Bertz CT molecular complexity index is 594. The maximum atomic E-state index is 13.6. The Morgan fingerprint density at radius 2 is 1.90 bits per heavy atom. The highest BCUT2D eigenvalue weighted by Crippen LogP contribution is 2.25. The molecule has 3 nitrogen and oxygen atoms in total. The van der Waals surface area contributed by atoms with Crippen LogP contribution in [-0.4, -0.2) is 13.0 Å².